The van der Waals surface area contributed by atoms with Crippen molar-refractivity contribution >= 4 is 21.4 Å². The van der Waals surface area contributed by atoms with Gasteiger partial charge in [-0.3, -0.25) is 0 Å². The number of aliphatic hydroxyl groups is 1. The van der Waals surface area contributed by atoms with Gasteiger partial charge in [0, 0.05) is 23.5 Å². The van der Waals surface area contributed by atoms with Crippen molar-refractivity contribution in [1.82, 2.24) is 0 Å². The van der Waals surface area contributed by atoms with Crippen molar-refractivity contribution in [2.75, 3.05) is 10.6 Å². The maximum atomic E-state index is 11.7. The van der Waals surface area contributed by atoms with Crippen LogP contribution in [0.2, 0.25) is 0 Å². The molecule has 0 saturated carbocycles. The smallest absolute Gasteiger partial charge is 0.238 e. The second-order valence-electron chi connectivity index (χ2n) is 6.13. The normalized spacial score (nSPS) is 28.9. The lowest BCUT2D eigenvalue weighted by molar-refractivity contribution is 0.126. The van der Waals surface area contributed by atoms with E-state index in [-0.39, 0.29) is 23.1 Å². The van der Waals surface area contributed by atoms with Gasteiger partial charge in [-0.25, -0.2) is 13.6 Å². The van der Waals surface area contributed by atoms with Gasteiger partial charge in [0.15, 0.2) is 0 Å². The Bertz CT molecular complexity index is 660. The van der Waals surface area contributed by atoms with Crippen molar-refractivity contribution in [3.63, 3.8) is 0 Å². The minimum atomic E-state index is -3.80. The van der Waals surface area contributed by atoms with Crippen molar-refractivity contribution in [3.05, 3.63) is 17.7 Å². The number of piperidine rings is 1. The molecule has 1 aromatic rings. The Morgan fingerprint density at radius 3 is 2.33 bits per heavy atom. The first kappa shape index (κ1) is 14.6. The molecule has 21 heavy (non-hydrogen) atoms. The zero-order chi connectivity index (χ0) is 15.4. The zero-order valence-corrected chi connectivity index (χ0v) is 12.8. The molecule has 3 rings (SSSR count). The van der Waals surface area contributed by atoms with Gasteiger partial charge in [0.1, 0.15) is 0 Å². The van der Waals surface area contributed by atoms with Crippen LogP contribution >= 0.6 is 0 Å². The molecule has 0 radical (unpaired) electrons. The molecule has 0 amide bonds. The van der Waals surface area contributed by atoms with Crippen LogP contribution in [-0.4, -0.2) is 31.7 Å². The highest BCUT2D eigenvalue weighted by Crippen LogP contribution is 2.42. The fourth-order valence-corrected chi connectivity index (χ4v) is 4.63. The third kappa shape index (κ3) is 2.49. The summed E-state index contributed by atoms with van der Waals surface area (Å²) in [5.74, 6) is 0. The van der Waals surface area contributed by atoms with Gasteiger partial charge in [0.05, 0.1) is 11.0 Å². The average Bonchev–Trinajstić information content (AvgIpc) is 2.62. The molecule has 116 valence electrons. The molecule has 2 aliphatic heterocycles. The number of fused-ring (bicyclic) bond motifs is 2. The topological polar surface area (TPSA) is 110 Å². The van der Waals surface area contributed by atoms with Crippen molar-refractivity contribution < 1.29 is 13.5 Å². The Labute approximate surface area is 124 Å². The summed E-state index contributed by atoms with van der Waals surface area (Å²) in [6.07, 6.45) is 3.20. The molecule has 0 spiro atoms. The Morgan fingerprint density at radius 2 is 1.81 bits per heavy atom. The molecule has 1 aromatic carbocycles. The average molecular weight is 311 g/mol. The first-order chi connectivity index (χ1) is 9.77. The third-order valence-corrected chi connectivity index (χ3v) is 5.68. The third-order valence-electron chi connectivity index (χ3n) is 4.65. The van der Waals surface area contributed by atoms with Gasteiger partial charge in [-0.1, -0.05) is 0 Å². The van der Waals surface area contributed by atoms with Crippen LogP contribution in [0.4, 0.5) is 11.4 Å². The van der Waals surface area contributed by atoms with E-state index in [1.54, 1.807) is 6.92 Å². The number of benzene rings is 1. The Balaban J connectivity index is 2.10. The van der Waals surface area contributed by atoms with E-state index in [0.29, 0.717) is 11.3 Å². The molecule has 0 aliphatic carbocycles. The molecule has 2 unspecified atom stereocenters. The molecule has 7 heteroatoms. The maximum absolute atomic E-state index is 11.7. The molecule has 5 N–H and O–H groups in total. The van der Waals surface area contributed by atoms with Crippen LogP contribution in [0, 0.1) is 6.92 Å². The number of anilines is 2. The van der Waals surface area contributed by atoms with Crippen LogP contribution < -0.4 is 15.8 Å². The molecule has 2 saturated heterocycles. The van der Waals surface area contributed by atoms with Gasteiger partial charge < -0.3 is 15.7 Å². The van der Waals surface area contributed by atoms with E-state index >= 15 is 0 Å². The minimum Gasteiger partial charge on any atom is -0.399 e. The Hall–Kier alpha value is -1.31. The monoisotopic (exact) mass is 311 g/mol. The fraction of sp³-hybridized carbons (Fsp3) is 0.571. The largest absolute Gasteiger partial charge is 0.399 e. The quantitative estimate of drug-likeness (QED) is 0.697. The zero-order valence-electron chi connectivity index (χ0n) is 12.0. The number of nitrogen functional groups attached to an aromatic ring is 1. The van der Waals surface area contributed by atoms with Crippen LogP contribution in [0.15, 0.2) is 17.0 Å². The van der Waals surface area contributed by atoms with Crippen molar-refractivity contribution in [1.29, 1.82) is 0 Å². The molecule has 2 atom stereocenters. The lowest BCUT2D eigenvalue weighted by Crippen LogP contribution is -2.45. The second kappa shape index (κ2) is 4.86. The number of nitrogens with zero attached hydrogens (tertiary/aromatic N) is 1. The van der Waals surface area contributed by atoms with Crippen LogP contribution in [0.25, 0.3) is 0 Å². The number of rotatable bonds is 2. The van der Waals surface area contributed by atoms with Crippen LogP contribution in [0.5, 0.6) is 0 Å². The van der Waals surface area contributed by atoms with Gasteiger partial charge in [0.2, 0.25) is 10.0 Å². The van der Waals surface area contributed by atoms with E-state index in [0.717, 1.165) is 31.4 Å². The molecule has 2 bridgehead atoms. The van der Waals surface area contributed by atoms with E-state index in [1.807, 2.05) is 6.07 Å². The number of nitrogens with two attached hydrogens (primary N) is 2. The standard InChI is InChI=1S/C14H21N3O3S/c1-8-13(4-9(15)5-14(8)21(16,19)20)17-10-2-3-11(17)7-12(18)6-10/h4-5,10-12,18H,2-3,6-7,15H2,1H3,(H2,16,19,20). The van der Waals surface area contributed by atoms with Crippen molar-refractivity contribution in [2.24, 2.45) is 5.14 Å². The van der Waals surface area contributed by atoms with Crippen molar-refractivity contribution in [3.8, 4) is 0 Å². The molecule has 2 aliphatic rings. The molecule has 6 nitrogen and oxygen atoms in total. The lowest BCUT2D eigenvalue weighted by atomic mass is 9.98. The summed E-state index contributed by atoms with van der Waals surface area (Å²) in [6, 6.07) is 3.71. The van der Waals surface area contributed by atoms with Crippen LogP contribution in [0.1, 0.15) is 31.2 Å². The van der Waals surface area contributed by atoms with Crippen molar-refractivity contribution in [2.45, 2.75) is 55.7 Å². The molecule has 2 fully saturated rings. The van der Waals surface area contributed by atoms with E-state index in [9.17, 15) is 13.5 Å². The Morgan fingerprint density at radius 1 is 1.24 bits per heavy atom. The number of primary sulfonamides is 1. The first-order valence-corrected chi connectivity index (χ1v) is 8.71. The number of sulfonamides is 1. The predicted octanol–water partition coefficient (Wildman–Crippen LogP) is 0.717. The summed E-state index contributed by atoms with van der Waals surface area (Å²) < 4.78 is 23.5. The van der Waals surface area contributed by atoms with Gasteiger partial charge >= 0.3 is 0 Å². The maximum Gasteiger partial charge on any atom is 0.238 e. The second-order valence-corrected chi connectivity index (χ2v) is 7.66. The van der Waals surface area contributed by atoms with E-state index < -0.39 is 10.0 Å². The summed E-state index contributed by atoms with van der Waals surface area (Å²) in [4.78, 5) is 2.32. The van der Waals surface area contributed by atoms with E-state index in [4.69, 9.17) is 10.9 Å². The highest BCUT2D eigenvalue weighted by Gasteiger charge is 2.41. The minimum absolute atomic E-state index is 0.0861. The summed E-state index contributed by atoms with van der Waals surface area (Å²) in [7, 11) is -3.80. The molecular weight excluding hydrogens is 290 g/mol. The van der Waals surface area contributed by atoms with Crippen LogP contribution in [-0.2, 0) is 10.0 Å². The van der Waals surface area contributed by atoms with Gasteiger partial charge in [-0.2, -0.15) is 0 Å². The van der Waals surface area contributed by atoms with E-state index in [2.05, 4.69) is 4.90 Å². The SMILES string of the molecule is Cc1c(N2C3CCC2CC(O)C3)cc(N)cc1S(N)(=O)=O. The summed E-state index contributed by atoms with van der Waals surface area (Å²) in [5.41, 5.74) is 7.74. The van der Waals surface area contributed by atoms with Gasteiger partial charge in [-0.05, 0) is 50.3 Å². The number of hydrogen-bond donors (Lipinski definition) is 3. The van der Waals surface area contributed by atoms with Crippen LogP contribution in [0.3, 0.4) is 0 Å². The highest BCUT2D eigenvalue weighted by molar-refractivity contribution is 7.89. The molecular formula is C14H21N3O3S. The van der Waals surface area contributed by atoms with E-state index in [1.165, 1.54) is 6.07 Å². The molecule has 0 aromatic heterocycles. The fourth-order valence-electron chi connectivity index (χ4n) is 3.80. The van der Waals surface area contributed by atoms with Gasteiger partial charge in [0.25, 0.3) is 0 Å². The lowest BCUT2D eigenvalue weighted by Gasteiger charge is -2.40. The summed E-state index contributed by atoms with van der Waals surface area (Å²) in [6.45, 7) is 1.76. The number of hydrogen-bond acceptors (Lipinski definition) is 5. The highest BCUT2D eigenvalue weighted by atomic mass is 32.2. The molecule has 2 heterocycles. The Kier molecular flexibility index (Phi) is 3.38. The summed E-state index contributed by atoms with van der Waals surface area (Å²) in [5, 5.41) is 15.2. The summed E-state index contributed by atoms with van der Waals surface area (Å²) >= 11 is 0. The predicted molar refractivity (Wildman–Crippen MR) is 81.5 cm³/mol. The first-order valence-electron chi connectivity index (χ1n) is 7.16. The van der Waals surface area contributed by atoms with Gasteiger partial charge in [-0.15, -0.1) is 0 Å². The number of aliphatic hydroxyl groups excluding tert-OH is 1.